The van der Waals surface area contributed by atoms with Crippen LogP contribution < -0.4 is 10.1 Å². The lowest BCUT2D eigenvalue weighted by Gasteiger charge is -2.09. The van der Waals surface area contributed by atoms with Crippen LogP contribution in [0.3, 0.4) is 0 Å². The van der Waals surface area contributed by atoms with Crippen LogP contribution in [0.2, 0.25) is 0 Å². The van der Waals surface area contributed by atoms with Crippen LogP contribution in [0.1, 0.15) is 62.1 Å². The third-order valence-electron chi connectivity index (χ3n) is 4.49. The Morgan fingerprint density at radius 2 is 1.40 bits per heavy atom. The van der Waals surface area contributed by atoms with Gasteiger partial charge in [0, 0.05) is 6.54 Å². The first-order valence-corrected chi connectivity index (χ1v) is 9.76. The van der Waals surface area contributed by atoms with Crippen LogP contribution in [-0.2, 0) is 13.2 Å². The second kappa shape index (κ2) is 11.7. The number of benzene rings is 2. The first kappa shape index (κ1) is 19.5. The Morgan fingerprint density at radius 1 is 0.760 bits per heavy atom. The molecule has 0 amide bonds. The van der Waals surface area contributed by atoms with Gasteiger partial charge < -0.3 is 10.1 Å². The summed E-state index contributed by atoms with van der Waals surface area (Å²) >= 11 is 0. The summed E-state index contributed by atoms with van der Waals surface area (Å²) < 4.78 is 5.86. The summed E-state index contributed by atoms with van der Waals surface area (Å²) in [5, 5.41) is 3.53. The molecule has 0 aliphatic rings. The molecule has 2 heteroatoms. The number of aryl methyl sites for hydroxylation is 1. The van der Waals surface area contributed by atoms with E-state index in [1.807, 2.05) is 0 Å². The van der Waals surface area contributed by atoms with Gasteiger partial charge in [0.15, 0.2) is 0 Å². The molecule has 2 aromatic carbocycles. The molecule has 0 aliphatic heterocycles. The molecule has 0 spiro atoms. The maximum Gasteiger partial charge on any atom is 0.119 e. The van der Waals surface area contributed by atoms with Gasteiger partial charge >= 0.3 is 0 Å². The third-order valence-corrected chi connectivity index (χ3v) is 4.49. The average Bonchev–Trinajstić information content (AvgIpc) is 2.64. The Labute approximate surface area is 153 Å². The lowest BCUT2D eigenvalue weighted by Crippen LogP contribution is -2.14. The molecule has 0 saturated heterocycles. The Hall–Kier alpha value is -1.80. The van der Waals surface area contributed by atoms with Crippen LogP contribution >= 0.6 is 0 Å². The summed E-state index contributed by atoms with van der Waals surface area (Å²) in [6, 6.07) is 16.9. The van der Waals surface area contributed by atoms with E-state index in [9.17, 15) is 0 Å². The number of hydrogen-bond acceptors (Lipinski definition) is 2. The van der Waals surface area contributed by atoms with Crippen molar-refractivity contribution >= 4 is 0 Å². The molecule has 1 N–H and O–H groups in total. The molecule has 0 aromatic heterocycles. The van der Waals surface area contributed by atoms with Crippen molar-refractivity contribution in [2.75, 3.05) is 6.54 Å². The highest BCUT2D eigenvalue weighted by Gasteiger charge is 1.98. The highest BCUT2D eigenvalue weighted by Crippen LogP contribution is 2.14. The first-order chi connectivity index (χ1) is 12.3. The van der Waals surface area contributed by atoms with E-state index >= 15 is 0 Å². The van der Waals surface area contributed by atoms with E-state index in [4.69, 9.17) is 4.74 Å². The van der Waals surface area contributed by atoms with Gasteiger partial charge in [-0.2, -0.15) is 0 Å². The molecule has 25 heavy (non-hydrogen) atoms. The van der Waals surface area contributed by atoms with E-state index in [-0.39, 0.29) is 0 Å². The normalized spacial score (nSPS) is 10.8. The van der Waals surface area contributed by atoms with Gasteiger partial charge in [-0.3, -0.25) is 0 Å². The maximum atomic E-state index is 5.86. The molecule has 0 fully saturated rings. The predicted molar refractivity (Wildman–Crippen MR) is 107 cm³/mol. The van der Waals surface area contributed by atoms with Crippen molar-refractivity contribution in [3.63, 3.8) is 0 Å². The first-order valence-electron chi connectivity index (χ1n) is 9.76. The van der Waals surface area contributed by atoms with Crippen molar-refractivity contribution in [1.82, 2.24) is 5.32 Å². The highest BCUT2D eigenvalue weighted by atomic mass is 16.5. The fraction of sp³-hybridized carbons (Fsp3) is 0.478. The number of ether oxygens (including phenoxy) is 1. The van der Waals surface area contributed by atoms with Crippen molar-refractivity contribution in [2.24, 2.45) is 0 Å². The lowest BCUT2D eigenvalue weighted by molar-refractivity contribution is 0.306. The van der Waals surface area contributed by atoms with Gasteiger partial charge in [0.25, 0.3) is 0 Å². The van der Waals surface area contributed by atoms with Crippen molar-refractivity contribution in [1.29, 1.82) is 0 Å². The zero-order chi connectivity index (χ0) is 17.7. The van der Waals surface area contributed by atoms with Gasteiger partial charge in [-0.05, 0) is 43.1 Å². The van der Waals surface area contributed by atoms with Gasteiger partial charge in [0.05, 0.1) is 0 Å². The quantitative estimate of drug-likeness (QED) is 0.477. The SMILES string of the molecule is CCCCCCCCNCc1ccc(OCc2ccc(C)cc2)cc1. The number of rotatable bonds is 12. The van der Waals surface area contributed by atoms with Crippen LogP contribution in [0.4, 0.5) is 0 Å². The molecule has 0 saturated carbocycles. The zero-order valence-corrected chi connectivity index (χ0v) is 15.9. The zero-order valence-electron chi connectivity index (χ0n) is 15.9. The molecule has 0 atom stereocenters. The molecule has 0 aliphatic carbocycles. The van der Waals surface area contributed by atoms with Gasteiger partial charge in [-0.25, -0.2) is 0 Å². The van der Waals surface area contributed by atoms with Crippen molar-refractivity contribution in [2.45, 2.75) is 65.5 Å². The topological polar surface area (TPSA) is 21.3 Å². The Balaban J connectivity index is 1.60. The minimum atomic E-state index is 0.621. The molecular weight excluding hydrogens is 306 g/mol. The Kier molecular flexibility index (Phi) is 9.14. The number of unbranched alkanes of at least 4 members (excludes halogenated alkanes) is 5. The Morgan fingerprint density at radius 3 is 2.12 bits per heavy atom. The van der Waals surface area contributed by atoms with Crippen LogP contribution in [-0.4, -0.2) is 6.54 Å². The molecule has 2 nitrogen and oxygen atoms in total. The summed E-state index contributed by atoms with van der Waals surface area (Å²) in [5.41, 5.74) is 3.80. The van der Waals surface area contributed by atoms with Gasteiger partial charge in [0.2, 0.25) is 0 Å². The van der Waals surface area contributed by atoms with E-state index in [1.54, 1.807) is 0 Å². The van der Waals surface area contributed by atoms with Crippen molar-refractivity contribution in [3.05, 3.63) is 65.2 Å². The maximum absolute atomic E-state index is 5.86. The largest absolute Gasteiger partial charge is 0.489 e. The van der Waals surface area contributed by atoms with Gasteiger partial charge in [-0.15, -0.1) is 0 Å². The van der Waals surface area contributed by atoms with Crippen LogP contribution in [0, 0.1) is 6.92 Å². The van der Waals surface area contributed by atoms with Crippen molar-refractivity contribution < 1.29 is 4.74 Å². The minimum Gasteiger partial charge on any atom is -0.489 e. The number of hydrogen-bond donors (Lipinski definition) is 1. The van der Waals surface area contributed by atoms with Gasteiger partial charge in [0.1, 0.15) is 12.4 Å². The highest BCUT2D eigenvalue weighted by molar-refractivity contribution is 5.28. The molecule has 0 bridgehead atoms. The average molecular weight is 340 g/mol. The molecule has 2 aromatic rings. The van der Waals surface area contributed by atoms with E-state index < -0.39 is 0 Å². The molecular formula is C23H33NO. The summed E-state index contributed by atoms with van der Waals surface area (Å²) in [6.07, 6.45) is 8.10. The van der Waals surface area contributed by atoms with Crippen LogP contribution in [0.5, 0.6) is 5.75 Å². The molecule has 0 radical (unpaired) electrons. The predicted octanol–water partition coefficient (Wildman–Crippen LogP) is 6.02. The Bertz CT molecular complexity index is 574. The third kappa shape index (κ3) is 8.22. The standard InChI is InChI=1S/C23H33NO/c1-3-4-5-6-7-8-17-24-18-21-13-15-23(16-14-21)25-19-22-11-9-20(2)10-12-22/h9-16,24H,3-8,17-19H2,1-2H3. The minimum absolute atomic E-state index is 0.621. The molecule has 0 unspecified atom stereocenters. The van der Waals surface area contributed by atoms with Crippen LogP contribution in [0.15, 0.2) is 48.5 Å². The second-order valence-electron chi connectivity index (χ2n) is 6.86. The molecule has 0 heterocycles. The lowest BCUT2D eigenvalue weighted by atomic mass is 10.1. The van der Waals surface area contributed by atoms with Gasteiger partial charge in [-0.1, -0.05) is 81.0 Å². The summed E-state index contributed by atoms with van der Waals surface area (Å²) in [7, 11) is 0. The fourth-order valence-corrected chi connectivity index (χ4v) is 2.82. The smallest absolute Gasteiger partial charge is 0.119 e. The van der Waals surface area contributed by atoms with Crippen LogP contribution in [0.25, 0.3) is 0 Å². The summed E-state index contributed by atoms with van der Waals surface area (Å²) in [6.45, 7) is 7.03. The second-order valence-corrected chi connectivity index (χ2v) is 6.86. The van der Waals surface area contributed by atoms with E-state index in [0.29, 0.717) is 6.61 Å². The van der Waals surface area contributed by atoms with E-state index in [0.717, 1.165) is 18.8 Å². The number of nitrogens with one attached hydrogen (secondary N) is 1. The molecule has 2 rings (SSSR count). The summed E-state index contributed by atoms with van der Waals surface area (Å²) in [5.74, 6) is 0.931. The van der Waals surface area contributed by atoms with E-state index in [2.05, 4.69) is 67.7 Å². The fourth-order valence-electron chi connectivity index (χ4n) is 2.82. The molecule has 136 valence electrons. The van der Waals surface area contributed by atoms with E-state index in [1.165, 1.54) is 55.2 Å². The summed E-state index contributed by atoms with van der Waals surface area (Å²) in [4.78, 5) is 0. The van der Waals surface area contributed by atoms with Crippen molar-refractivity contribution in [3.8, 4) is 5.75 Å². The monoisotopic (exact) mass is 339 g/mol.